The molecule has 1 aromatic rings. The fourth-order valence-electron chi connectivity index (χ4n) is 2.05. The van der Waals surface area contributed by atoms with Gasteiger partial charge >= 0.3 is 0 Å². The van der Waals surface area contributed by atoms with Crippen LogP contribution in [0, 0.1) is 0 Å². The molecule has 1 unspecified atom stereocenters. The van der Waals surface area contributed by atoms with E-state index in [9.17, 15) is 9.90 Å². The summed E-state index contributed by atoms with van der Waals surface area (Å²) in [6, 6.07) is 3.87. The van der Waals surface area contributed by atoms with Crippen molar-refractivity contribution < 1.29 is 14.6 Å². The third kappa shape index (κ3) is 3.17. The molecule has 5 heteroatoms. The van der Waals surface area contributed by atoms with Crippen LogP contribution in [0.2, 0.25) is 0 Å². The lowest BCUT2D eigenvalue weighted by Crippen LogP contribution is -2.49. The Morgan fingerprint density at radius 2 is 2.44 bits per heavy atom. The van der Waals surface area contributed by atoms with Crippen molar-refractivity contribution in [3.8, 4) is 0 Å². The average molecular weight is 269 g/mol. The van der Waals surface area contributed by atoms with Crippen LogP contribution in [-0.2, 0) is 11.2 Å². The fraction of sp³-hybridized carbons (Fsp3) is 0.615. The number of aryl methyl sites for hydroxylation is 1. The average Bonchev–Trinajstić information content (AvgIpc) is 2.88. The number of ether oxygens (including phenoxy) is 1. The highest BCUT2D eigenvalue weighted by atomic mass is 32.1. The van der Waals surface area contributed by atoms with Gasteiger partial charge in [-0.15, -0.1) is 11.3 Å². The summed E-state index contributed by atoms with van der Waals surface area (Å²) in [7, 11) is 0. The molecule has 2 heterocycles. The first-order valence-corrected chi connectivity index (χ1v) is 7.10. The minimum Gasteiger partial charge on any atom is -0.395 e. The van der Waals surface area contributed by atoms with E-state index < -0.39 is 0 Å². The summed E-state index contributed by atoms with van der Waals surface area (Å²) in [6.45, 7) is 4.35. The van der Waals surface area contributed by atoms with E-state index in [1.54, 1.807) is 11.3 Å². The molecule has 2 rings (SSSR count). The Bertz CT molecular complexity index is 405. The normalized spacial score (nSPS) is 21.1. The summed E-state index contributed by atoms with van der Waals surface area (Å²) in [5.74, 6) is 0.139. The van der Waals surface area contributed by atoms with Gasteiger partial charge in [-0.1, -0.05) is 6.92 Å². The van der Waals surface area contributed by atoms with Crippen LogP contribution in [0.1, 0.15) is 21.5 Å². The Hall–Kier alpha value is -0.750. The first-order chi connectivity index (χ1) is 8.74. The number of aliphatic hydroxyl groups excluding tert-OH is 1. The molecule has 0 aliphatic carbocycles. The van der Waals surface area contributed by atoms with Crippen molar-refractivity contribution in [3.05, 3.63) is 21.9 Å². The maximum absolute atomic E-state index is 12.1. The number of Topliss-reactive ketones (excluding diaryl/α,β-unsaturated/α-hetero) is 1. The second-order valence-corrected chi connectivity index (χ2v) is 5.59. The van der Waals surface area contributed by atoms with Crippen LogP contribution in [-0.4, -0.2) is 54.7 Å². The third-order valence-corrected chi connectivity index (χ3v) is 4.46. The molecule has 18 heavy (non-hydrogen) atoms. The predicted molar refractivity (Wildman–Crippen MR) is 71.3 cm³/mol. The van der Waals surface area contributed by atoms with Crippen molar-refractivity contribution in [1.29, 1.82) is 0 Å². The van der Waals surface area contributed by atoms with Gasteiger partial charge in [0, 0.05) is 11.4 Å². The number of hydrogen-bond acceptors (Lipinski definition) is 5. The lowest BCUT2D eigenvalue weighted by molar-refractivity contribution is -0.0240. The molecule has 0 radical (unpaired) electrons. The van der Waals surface area contributed by atoms with Crippen LogP contribution in [0.3, 0.4) is 0 Å². The smallest absolute Gasteiger partial charge is 0.186 e. The van der Waals surface area contributed by atoms with Crippen LogP contribution >= 0.6 is 11.3 Å². The highest BCUT2D eigenvalue weighted by Crippen LogP contribution is 2.18. The van der Waals surface area contributed by atoms with Crippen LogP contribution in [0.25, 0.3) is 0 Å². The number of nitrogens with zero attached hydrogens (tertiary/aromatic N) is 1. The van der Waals surface area contributed by atoms with Crippen molar-refractivity contribution >= 4 is 17.1 Å². The number of ketones is 1. The molecule has 1 aliphatic heterocycles. The van der Waals surface area contributed by atoms with Gasteiger partial charge in [-0.2, -0.15) is 0 Å². The van der Waals surface area contributed by atoms with Crippen molar-refractivity contribution in [2.45, 2.75) is 19.4 Å². The molecule has 4 nitrogen and oxygen atoms in total. The third-order valence-electron chi connectivity index (χ3n) is 3.19. The summed E-state index contributed by atoms with van der Waals surface area (Å²) >= 11 is 1.57. The molecule has 0 bridgehead atoms. The van der Waals surface area contributed by atoms with E-state index in [0.717, 1.165) is 11.3 Å². The minimum atomic E-state index is -0.0479. The van der Waals surface area contributed by atoms with Crippen molar-refractivity contribution in [2.24, 2.45) is 0 Å². The Kier molecular flexibility index (Phi) is 4.88. The molecule has 0 spiro atoms. The number of hydrogen-bond donors (Lipinski definition) is 1. The summed E-state index contributed by atoms with van der Waals surface area (Å²) in [5.41, 5.74) is 0. The molecular formula is C13H19NO3S. The number of carbonyl (C=O) groups excluding carboxylic acids is 1. The van der Waals surface area contributed by atoms with Gasteiger partial charge in [0.1, 0.15) is 0 Å². The first-order valence-electron chi connectivity index (χ1n) is 6.29. The number of carbonyl (C=O) groups is 1. The molecule has 0 aromatic carbocycles. The van der Waals surface area contributed by atoms with Crippen LogP contribution < -0.4 is 0 Å². The van der Waals surface area contributed by atoms with E-state index in [1.165, 1.54) is 4.88 Å². The highest BCUT2D eigenvalue weighted by molar-refractivity contribution is 7.14. The Morgan fingerprint density at radius 3 is 3.11 bits per heavy atom. The second kappa shape index (κ2) is 6.43. The minimum absolute atomic E-state index is 0.0396. The van der Waals surface area contributed by atoms with Gasteiger partial charge in [0.25, 0.3) is 0 Å². The van der Waals surface area contributed by atoms with E-state index in [2.05, 4.69) is 6.92 Å². The van der Waals surface area contributed by atoms with E-state index in [1.807, 2.05) is 17.0 Å². The van der Waals surface area contributed by atoms with Crippen molar-refractivity contribution in [2.75, 3.05) is 32.9 Å². The second-order valence-electron chi connectivity index (χ2n) is 4.42. The zero-order valence-corrected chi connectivity index (χ0v) is 11.4. The maximum Gasteiger partial charge on any atom is 0.186 e. The SMILES string of the molecule is CCc1ccc(C(=O)CN2CCOCC2CO)s1. The molecule has 100 valence electrons. The highest BCUT2D eigenvalue weighted by Gasteiger charge is 2.24. The van der Waals surface area contributed by atoms with E-state index in [4.69, 9.17) is 4.74 Å². The topological polar surface area (TPSA) is 49.8 Å². The molecule has 1 aromatic heterocycles. The molecule has 1 fully saturated rings. The molecule has 1 N–H and O–H groups in total. The van der Waals surface area contributed by atoms with Gasteiger partial charge in [0.15, 0.2) is 5.78 Å². The number of thiophene rings is 1. The summed E-state index contributed by atoms with van der Waals surface area (Å²) < 4.78 is 5.30. The van der Waals surface area contributed by atoms with Gasteiger partial charge in [0.2, 0.25) is 0 Å². The van der Waals surface area contributed by atoms with Crippen LogP contribution in [0.4, 0.5) is 0 Å². The largest absolute Gasteiger partial charge is 0.395 e. The Labute approximate surface area is 111 Å². The first kappa shape index (κ1) is 13.7. The summed E-state index contributed by atoms with van der Waals surface area (Å²) in [6.07, 6.45) is 0.967. The summed E-state index contributed by atoms with van der Waals surface area (Å²) in [5, 5.41) is 9.26. The zero-order valence-electron chi connectivity index (χ0n) is 10.6. The van der Waals surface area contributed by atoms with Gasteiger partial charge < -0.3 is 9.84 Å². The quantitative estimate of drug-likeness (QED) is 0.816. The molecule has 0 saturated carbocycles. The molecule has 1 saturated heterocycles. The van der Waals surface area contributed by atoms with Gasteiger partial charge in [0.05, 0.1) is 37.3 Å². The van der Waals surface area contributed by atoms with Gasteiger partial charge in [-0.3, -0.25) is 9.69 Å². The maximum atomic E-state index is 12.1. The number of morpholine rings is 1. The lowest BCUT2D eigenvalue weighted by Gasteiger charge is -2.33. The van der Waals surface area contributed by atoms with E-state index >= 15 is 0 Å². The Morgan fingerprint density at radius 1 is 1.61 bits per heavy atom. The standard InChI is InChI=1S/C13H19NO3S/c1-2-11-3-4-13(18-11)12(16)7-14-5-6-17-9-10(14)8-15/h3-4,10,15H,2,5-9H2,1H3. The van der Waals surface area contributed by atoms with Gasteiger partial charge in [-0.25, -0.2) is 0 Å². The van der Waals surface area contributed by atoms with Crippen LogP contribution in [0.5, 0.6) is 0 Å². The lowest BCUT2D eigenvalue weighted by atomic mass is 10.2. The summed E-state index contributed by atoms with van der Waals surface area (Å²) in [4.78, 5) is 16.2. The zero-order chi connectivity index (χ0) is 13.0. The van der Waals surface area contributed by atoms with E-state index in [-0.39, 0.29) is 18.4 Å². The predicted octanol–water partition coefficient (Wildman–Crippen LogP) is 1.19. The van der Waals surface area contributed by atoms with E-state index in [0.29, 0.717) is 26.3 Å². The molecular weight excluding hydrogens is 250 g/mol. The molecule has 1 atom stereocenters. The van der Waals surface area contributed by atoms with Crippen molar-refractivity contribution in [1.82, 2.24) is 4.90 Å². The Balaban J connectivity index is 1.97. The van der Waals surface area contributed by atoms with Gasteiger partial charge in [-0.05, 0) is 18.6 Å². The number of aliphatic hydroxyl groups is 1. The number of rotatable bonds is 5. The fourth-order valence-corrected chi connectivity index (χ4v) is 2.92. The molecule has 0 amide bonds. The molecule has 1 aliphatic rings. The van der Waals surface area contributed by atoms with Crippen molar-refractivity contribution in [3.63, 3.8) is 0 Å². The van der Waals surface area contributed by atoms with Crippen LogP contribution in [0.15, 0.2) is 12.1 Å². The monoisotopic (exact) mass is 269 g/mol.